The predicted molar refractivity (Wildman–Crippen MR) is 91.0 cm³/mol. The van der Waals surface area contributed by atoms with E-state index in [0.29, 0.717) is 0 Å². The molecule has 122 valence electrons. The van der Waals surface area contributed by atoms with Crippen molar-refractivity contribution in [1.82, 2.24) is 20.0 Å². The molecule has 0 unspecified atom stereocenters. The van der Waals surface area contributed by atoms with Gasteiger partial charge in [-0.3, -0.25) is 0 Å². The number of aromatic nitrogens is 4. The predicted octanol–water partition coefficient (Wildman–Crippen LogP) is 3.23. The summed E-state index contributed by atoms with van der Waals surface area (Å²) in [4.78, 5) is 0. The summed E-state index contributed by atoms with van der Waals surface area (Å²) in [6, 6.07) is 0. The maximum absolute atomic E-state index is 5.35. The number of ether oxygens (including phenoxy) is 1. The molecule has 2 aromatic heterocycles. The molecule has 23 heavy (non-hydrogen) atoms. The van der Waals surface area contributed by atoms with Crippen LogP contribution in [-0.4, -0.2) is 31.2 Å². The number of methoxy groups -OCH3 is 1. The molecule has 0 aliphatic heterocycles. The van der Waals surface area contributed by atoms with Gasteiger partial charge in [-0.15, -0.1) is 0 Å². The molecule has 2 heterocycles. The normalized spacial score (nSPS) is 12.8. The summed E-state index contributed by atoms with van der Waals surface area (Å²) in [5.41, 5.74) is 5.38. The van der Waals surface area contributed by atoms with E-state index in [1.807, 2.05) is 38.6 Å². The number of aryl methyl sites for hydroxylation is 2. The van der Waals surface area contributed by atoms with Crippen LogP contribution in [0.5, 0.6) is 0 Å². The first-order valence-corrected chi connectivity index (χ1v) is 9.44. The monoisotopic (exact) mass is 500 g/mol. The van der Waals surface area contributed by atoms with Crippen molar-refractivity contribution in [2.75, 3.05) is 7.11 Å². The van der Waals surface area contributed by atoms with Gasteiger partial charge in [0.15, 0.2) is 0 Å². The Balaban J connectivity index is 2.37. The first kappa shape index (κ1) is 18.1. The summed E-state index contributed by atoms with van der Waals surface area (Å²) < 4.78 is 8.19. The van der Waals surface area contributed by atoms with Crippen LogP contribution in [0.15, 0.2) is 17.7 Å². The molecule has 0 saturated carbocycles. The number of rotatable bonds is 5. The summed E-state index contributed by atoms with van der Waals surface area (Å²) >= 11 is 2.89. The second-order valence-electron chi connectivity index (χ2n) is 5.16. The number of nitrogens with zero attached hydrogens (tertiary/aromatic N) is 4. The van der Waals surface area contributed by atoms with Crippen molar-refractivity contribution in [3.05, 3.63) is 34.0 Å². The van der Waals surface area contributed by atoms with Crippen molar-refractivity contribution in [1.29, 1.82) is 0 Å². The van der Waals surface area contributed by atoms with E-state index < -0.39 is 0 Å². The Kier molecular flexibility index (Phi) is 5.95. The molecular weight excluding hydrogens is 480 g/mol. The molecule has 0 atom stereocenters. The van der Waals surface area contributed by atoms with Crippen molar-refractivity contribution < 1.29 is 24.1 Å². The third kappa shape index (κ3) is 3.82. The van der Waals surface area contributed by atoms with Gasteiger partial charge in [0.2, 0.25) is 0 Å². The van der Waals surface area contributed by atoms with Crippen LogP contribution in [-0.2, 0) is 31.1 Å². The molecule has 2 rings (SSSR count). The van der Waals surface area contributed by atoms with E-state index in [2.05, 4.69) is 28.3 Å². The van der Waals surface area contributed by atoms with Crippen LogP contribution >= 0.6 is 11.3 Å². The number of hydrogen-bond donors (Lipinski definition) is 0. The van der Waals surface area contributed by atoms with Gasteiger partial charge in [-0.05, 0) is 0 Å². The van der Waals surface area contributed by atoms with Crippen molar-refractivity contribution in [3.8, 4) is 10.7 Å². The molecule has 0 fully saturated rings. The van der Waals surface area contributed by atoms with Gasteiger partial charge in [-0.2, -0.15) is 0 Å². The standard InChI is InChI=1S/C16H20N4OS.W/c1-7-13(9-21-6)8-10(2)15-17-18-16(22-15)14-11(3)12(4)19-20(14)5;/h7-8H,1-6H3;/b10-8+,13-7+;. The fourth-order valence-corrected chi connectivity index (χ4v) is 3.80. The molecule has 0 amide bonds. The van der Waals surface area contributed by atoms with Gasteiger partial charge in [0.1, 0.15) is 0 Å². The summed E-state index contributed by atoms with van der Waals surface area (Å²) in [5.74, 6) is 0. The van der Waals surface area contributed by atoms with Crippen molar-refractivity contribution in [2.45, 2.75) is 27.7 Å². The van der Waals surface area contributed by atoms with Crippen LogP contribution in [0.3, 0.4) is 0 Å². The van der Waals surface area contributed by atoms with E-state index in [1.165, 1.54) is 19.4 Å². The zero-order valence-corrected chi connectivity index (χ0v) is 17.9. The summed E-state index contributed by atoms with van der Waals surface area (Å²) in [6.45, 7) is 8.14. The topological polar surface area (TPSA) is 52.8 Å². The summed E-state index contributed by atoms with van der Waals surface area (Å²) in [5, 5.41) is 15.0. The SMILES string of the molecule is C/C=C(\C=C(/C)c1nnc(-c2c(C)c(C)nn2C)s1)[C](=[W])OC. The van der Waals surface area contributed by atoms with E-state index >= 15 is 0 Å². The van der Waals surface area contributed by atoms with E-state index in [4.69, 9.17) is 4.74 Å². The summed E-state index contributed by atoms with van der Waals surface area (Å²) in [6.07, 6.45) is 4.14. The average molecular weight is 500 g/mol. The molecule has 0 aliphatic rings. The van der Waals surface area contributed by atoms with Crippen molar-refractivity contribution in [3.63, 3.8) is 0 Å². The molecule has 0 bridgehead atoms. The minimum atomic E-state index is 0.897. The van der Waals surface area contributed by atoms with Crippen molar-refractivity contribution in [2.24, 2.45) is 7.05 Å². The van der Waals surface area contributed by atoms with Crippen LogP contribution in [0.25, 0.3) is 16.3 Å². The van der Waals surface area contributed by atoms with Crippen LogP contribution in [0.1, 0.15) is 30.1 Å². The third-order valence-electron chi connectivity index (χ3n) is 3.59. The average Bonchev–Trinajstić information content (AvgIpc) is 3.09. The van der Waals surface area contributed by atoms with Crippen LogP contribution in [0.4, 0.5) is 0 Å². The van der Waals surface area contributed by atoms with Crippen molar-refractivity contribution >= 4 is 21.0 Å². The quantitative estimate of drug-likeness (QED) is 0.592. The van der Waals surface area contributed by atoms with E-state index in [0.717, 1.165) is 42.2 Å². The van der Waals surface area contributed by atoms with Gasteiger partial charge < -0.3 is 0 Å². The molecule has 0 spiro atoms. The Morgan fingerprint density at radius 1 is 1.30 bits per heavy atom. The Bertz CT molecular complexity index is 801. The van der Waals surface area contributed by atoms with E-state index in [1.54, 1.807) is 18.4 Å². The van der Waals surface area contributed by atoms with Crippen LogP contribution in [0, 0.1) is 13.8 Å². The first-order valence-electron chi connectivity index (χ1n) is 7.16. The Morgan fingerprint density at radius 3 is 2.52 bits per heavy atom. The zero-order valence-electron chi connectivity index (χ0n) is 14.2. The van der Waals surface area contributed by atoms with Gasteiger partial charge in [-0.1, -0.05) is 0 Å². The molecule has 2 aromatic rings. The molecular formula is C16H20N4OSW. The Hall–Kier alpha value is -1.23. The van der Waals surface area contributed by atoms with Gasteiger partial charge in [0.25, 0.3) is 0 Å². The van der Waals surface area contributed by atoms with Gasteiger partial charge in [0.05, 0.1) is 0 Å². The fraction of sp³-hybridized carbons (Fsp3) is 0.375. The van der Waals surface area contributed by atoms with E-state index in [-0.39, 0.29) is 0 Å². The zero-order chi connectivity index (χ0) is 17.1. The molecule has 7 heteroatoms. The number of hydrogen-bond acceptors (Lipinski definition) is 5. The molecule has 0 aliphatic carbocycles. The summed E-state index contributed by atoms with van der Waals surface area (Å²) in [7, 11) is 3.64. The minimum absolute atomic E-state index is 0.897. The maximum atomic E-state index is 5.35. The molecule has 0 radical (unpaired) electrons. The molecule has 0 N–H and O–H groups in total. The van der Waals surface area contributed by atoms with Gasteiger partial charge in [0, 0.05) is 0 Å². The second kappa shape index (κ2) is 7.56. The second-order valence-corrected chi connectivity index (χ2v) is 7.47. The molecule has 0 saturated heterocycles. The fourth-order valence-electron chi connectivity index (χ4n) is 2.21. The number of allylic oxidation sites excluding steroid dienone is 2. The third-order valence-corrected chi connectivity index (χ3v) is 6.10. The first-order chi connectivity index (χ1) is 10.9. The Labute approximate surface area is 151 Å². The molecule has 0 aromatic carbocycles. The van der Waals surface area contributed by atoms with Gasteiger partial charge >= 0.3 is 152 Å². The Morgan fingerprint density at radius 2 is 2.00 bits per heavy atom. The van der Waals surface area contributed by atoms with Gasteiger partial charge in [-0.25, -0.2) is 0 Å². The van der Waals surface area contributed by atoms with E-state index in [9.17, 15) is 0 Å². The van der Waals surface area contributed by atoms with Crippen LogP contribution in [0.2, 0.25) is 0 Å². The van der Waals surface area contributed by atoms with Crippen LogP contribution < -0.4 is 0 Å². The molecule has 5 nitrogen and oxygen atoms in total.